The normalized spacial score (nSPS) is 11.9. The first kappa shape index (κ1) is 54.9. The van der Waals surface area contributed by atoms with Crippen molar-refractivity contribution >= 4 is 17.8 Å². The average Bonchev–Trinajstić information content (AvgIpc) is 3.20. The van der Waals surface area contributed by atoms with Crippen LogP contribution in [0.1, 0.15) is 39.5 Å². The number of amides is 1. The van der Waals surface area contributed by atoms with Gasteiger partial charge in [-0.25, -0.2) is 4.79 Å². The number of hydrogen-bond acceptors (Lipinski definition) is 17. The van der Waals surface area contributed by atoms with Crippen molar-refractivity contribution < 1.29 is 85.8 Å². The van der Waals surface area contributed by atoms with E-state index in [2.05, 4.69) is 17.0 Å². The molecule has 57 heavy (non-hydrogen) atoms. The fraction of sp³-hybridized carbons (Fsp3) is 0.921. The smallest absolute Gasteiger partial charge is 0.329 e. The molecule has 0 aliphatic rings. The summed E-state index contributed by atoms with van der Waals surface area (Å²) in [5, 5.41) is 11.0. The van der Waals surface area contributed by atoms with Gasteiger partial charge in [-0.3, -0.25) is 9.59 Å². The van der Waals surface area contributed by atoms with Gasteiger partial charge in [0.05, 0.1) is 164 Å². The molecule has 19 heteroatoms. The van der Waals surface area contributed by atoms with Crippen molar-refractivity contribution in [3.8, 4) is 0 Å². The van der Waals surface area contributed by atoms with Crippen molar-refractivity contribution in [2.45, 2.75) is 39.5 Å². The quantitative estimate of drug-likeness (QED) is 0.0651. The Morgan fingerprint density at radius 1 is 0.439 bits per heavy atom. The van der Waals surface area contributed by atoms with Crippen LogP contribution in [0.5, 0.6) is 0 Å². The van der Waals surface area contributed by atoms with Gasteiger partial charge in [0.1, 0.15) is 19.8 Å². The third-order valence-electron chi connectivity index (χ3n) is 7.32. The van der Waals surface area contributed by atoms with Gasteiger partial charge in [-0.1, -0.05) is 26.7 Å². The molecule has 0 aliphatic carbocycles. The number of carbonyl (C=O) groups excluding carboxylic acids is 2. The van der Waals surface area contributed by atoms with E-state index in [1.807, 2.05) is 6.92 Å². The van der Waals surface area contributed by atoms with Crippen LogP contribution >= 0.6 is 0 Å². The first-order valence-corrected chi connectivity index (χ1v) is 20.2. The average molecular weight is 832 g/mol. The highest BCUT2D eigenvalue weighted by Crippen LogP contribution is 2.14. The van der Waals surface area contributed by atoms with Gasteiger partial charge in [0.25, 0.3) is 0 Å². The van der Waals surface area contributed by atoms with Gasteiger partial charge in [0, 0.05) is 6.54 Å². The second-order valence-electron chi connectivity index (χ2n) is 12.0. The van der Waals surface area contributed by atoms with E-state index in [0.29, 0.717) is 165 Å². The van der Waals surface area contributed by atoms with Crippen LogP contribution in [0.25, 0.3) is 0 Å². The molecule has 0 aliphatic heterocycles. The van der Waals surface area contributed by atoms with Gasteiger partial charge in [-0.05, 0) is 12.8 Å². The van der Waals surface area contributed by atoms with Gasteiger partial charge >= 0.3 is 11.9 Å². The summed E-state index contributed by atoms with van der Waals surface area (Å²) in [6, 6.07) is 0. The molecule has 0 aromatic carbocycles. The van der Waals surface area contributed by atoms with Crippen LogP contribution < -0.4 is 5.32 Å². The third kappa shape index (κ3) is 44.8. The van der Waals surface area contributed by atoms with Crippen molar-refractivity contribution in [3.63, 3.8) is 0 Å². The largest absolute Gasteiger partial charge is 0.480 e. The Kier molecular flexibility index (Phi) is 44.9. The Hall–Kier alpha value is -2.11. The maximum Gasteiger partial charge on any atom is 0.329 e. The number of aliphatic carboxylic acids is 1. The summed E-state index contributed by atoms with van der Waals surface area (Å²) in [7, 11) is 0. The third-order valence-corrected chi connectivity index (χ3v) is 7.32. The molecule has 0 radical (unpaired) electrons. The first-order chi connectivity index (χ1) is 28.0. The Labute approximate surface area is 339 Å². The molecule has 1 unspecified atom stereocenters. The van der Waals surface area contributed by atoms with Gasteiger partial charge in [0.2, 0.25) is 5.91 Å². The van der Waals surface area contributed by atoms with Gasteiger partial charge in [0.15, 0.2) is 0 Å². The summed E-state index contributed by atoms with van der Waals surface area (Å²) in [6.45, 7) is 14.6. The SMILES string of the molecule is CCCCC(CC)C(=O)OCCOCCOCCOCCOCCOCCOCCOCCOCCOCCOCCOCCOCCNC(=O)COCC(=O)O. The number of carboxylic acid groups (broad SMARTS) is 1. The maximum absolute atomic E-state index is 12.0. The van der Waals surface area contributed by atoms with E-state index >= 15 is 0 Å². The van der Waals surface area contributed by atoms with E-state index in [1.165, 1.54) is 0 Å². The van der Waals surface area contributed by atoms with E-state index in [9.17, 15) is 14.4 Å². The fourth-order valence-corrected chi connectivity index (χ4v) is 4.32. The van der Waals surface area contributed by atoms with E-state index < -0.39 is 18.5 Å². The number of hydrogen-bond donors (Lipinski definition) is 2. The Morgan fingerprint density at radius 2 is 0.754 bits per heavy atom. The highest BCUT2D eigenvalue weighted by Gasteiger charge is 2.17. The molecular formula is C38H73NO18. The van der Waals surface area contributed by atoms with Crippen molar-refractivity contribution in [1.82, 2.24) is 5.32 Å². The van der Waals surface area contributed by atoms with Gasteiger partial charge in [-0.15, -0.1) is 0 Å². The number of rotatable bonds is 48. The minimum Gasteiger partial charge on any atom is -0.480 e. The van der Waals surface area contributed by atoms with Crippen LogP contribution in [0, 0.1) is 5.92 Å². The molecule has 0 fully saturated rings. The van der Waals surface area contributed by atoms with E-state index in [4.69, 9.17) is 66.7 Å². The Balaban J connectivity index is 3.16. The number of esters is 1. The van der Waals surface area contributed by atoms with Crippen LogP contribution in [-0.2, 0) is 80.7 Å². The van der Waals surface area contributed by atoms with E-state index in [-0.39, 0.29) is 25.1 Å². The van der Waals surface area contributed by atoms with Crippen molar-refractivity contribution in [1.29, 1.82) is 0 Å². The van der Waals surface area contributed by atoms with Crippen molar-refractivity contribution in [2.75, 3.05) is 185 Å². The van der Waals surface area contributed by atoms with Crippen LogP contribution in [-0.4, -0.2) is 208 Å². The lowest BCUT2D eigenvalue weighted by molar-refractivity contribution is -0.150. The zero-order valence-electron chi connectivity index (χ0n) is 34.6. The molecule has 0 aromatic heterocycles. The second kappa shape index (κ2) is 46.6. The minimum absolute atomic E-state index is 0.0132. The molecule has 0 bridgehead atoms. The van der Waals surface area contributed by atoms with Crippen molar-refractivity contribution in [2.24, 2.45) is 5.92 Å². The summed E-state index contributed by atoms with van der Waals surface area (Å²) in [5.74, 6) is -1.67. The monoisotopic (exact) mass is 831 g/mol. The molecule has 0 heterocycles. The predicted octanol–water partition coefficient (Wildman–Crippen LogP) is 1.16. The Bertz CT molecular complexity index is 874. The Morgan fingerprint density at radius 3 is 1.05 bits per heavy atom. The number of carboxylic acids is 1. The maximum atomic E-state index is 12.0. The van der Waals surface area contributed by atoms with Gasteiger partial charge < -0.3 is 76.7 Å². The van der Waals surface area contributed by atoms with Crippen LogP contribution in [0.15, 0.2) is 0 Å². The van der Waals surface area contributed by atoms with Crippen LogP contribution in [0.4, 0.5) is 0 Å². The van der Waals surface area contributed by atoms with E-state index in [1.54, 1.807) is 0 Å². The summed E-state index contributed by atoms with van der Waals surface area (Å²) >= 11 is 0. The number of nitrogens with one attached hydrogen (secondary N) is 1. The van der Waals surface area contributed by atoms with Crippen LogP contribution in [0.3, 0.4) is 0 Å². The van der Waals surface area contributed by atoms with Gasteiger partial charge in [-0.2, -0.15) is 0 Å². The summed E-state index contributed by atoms with van der Waals surface area (Å²) in [6.07, 6.45) is 3.80. The molecule has 0 saturated heterocycles. The molecular weight excluding hydrogens is 758 g/mol. The summed E-state index contributed by atoms with van der Waals surface area (Å²) in [5.41, 5.74) is 0. The summed E-state index contributed by atoms with van der Waals surface area (Å²) < 4.78 is 75.4. The lowest BCUT2D eigenvalue weighted by atomic mass is 10.00. The predicted molar refractivity (Wildman–Crippen MR) is 206 cm³/mol. The van der Waals surface area contributed by atoms with Crippen LogP contribution in [0.2, 0.25) is 0 Å². The molecule has 1 atom stereocenters. The highest BCUT2D eigenvalue weighted by atomic mass is 16.6. The zero-order valence-corrected chi connectivity index (χ0v) is 34.6. The molecule has 0 spiro atoms. The molecule has 0 rings (SSSR count). The minimum atomic E-state index is -1.13. The second-order valence-corrected chi connectivity index (χ2v) is 12.0. The lowest BCUT2D eigenvalue weighted by Gasteiger charge is -2.13. The zero-order chi connectivity index (χ0) is 41.5. The standard InChI is InChI=1S/C38H73NO18/c1-3-5-6-35(4-2)38(43)57-32-31-55-30-29-54-28-27-53-26-25-52-24-23-51-22-21-50-20-19-49-18-17-48-16-15-47-14-13-46-12-11-45-10-9-44-8-7-39-36(40)33-56-34-37(41)42/h35H,3-34H2,1-2H3,(H,39,40)(H,41,42). The molecule has 0 aromatic rings. The first-order valence-electron chi connectivity index (χ1n) is 20.2. The molecule has 0 saturated carbocycles. The number of unbranched alkanes of at least 4 members (excludes halogenated alkanes) is 1. The topological polar surface area (TPSA) is 213 Å². The fourth-order valence-electron chi connectivity index (χ4n) is 4.32. The number of ether oxygens (including phenoxy) is 14. The molecule has 338 valence electrons. The number of carbonyl (C=O) groups is 3. The van der Waals surface area contributed by atoms with E-state index in [0.717, 1.165) is 25.7 Å². The van der Waals surface area contributed by atoms with Crippen molar-refractivity contribution in [3.05, 3.63) is 0 Å². The molecule has 1 amide bonds. The molecule has 19 nitrogen and oxygen atoms in total. The molecule has 2 N–H and O–H groups in total. The lowest BCUT2D eigenvalue weighted by Crippen LogP contribution is -2.31. The highest BCUT2D eigenvalue weighted by molar-refractivity contribution is 5.77. The summed E-state index contributed by atoms with van der Waals surface area (Å²) in [4.78, 5) is 33.7.